The highest BCUT2D eigenvalue weighted by Crippen LogP contribution is 2.16. The van der Waals surface area contributed by atoms with E-state index >= 15 is 0 Å². The van der Waals surface area contributed by atoms with Crippen molar-refractivity contribution in [1.29, 1.82) is 0 Å². The Labute approximate surface area is 111 Å². The normalized spacial score (nSPS) is 19.6. The minimum atomic E-state index is -0.0541. The molecular weight excluding hydrogens is 254 g/mol. The zero-order chi connectivity index (χ0) is 13.0. The van der Waals surface area contributed by atoms with Gasteiger partial charge in [0.05, 0.1) is 25.1 Å². The smallest absolute Gasteiger partial charge is 0.226 e. The van der Waals surface area contributed by atoms with Crippen molar-refractivity contribution in [3.05, 3.63) is 23.0 Å². The molecule has 2 rings (SSSR count). The van der Waals surface area contributed by atoms with Crippen LogP contribution in [0.5, 0.6) is 0 Å². The van der Waals surface area contributed by atoms with E-state index in [9.17, 15) is 4.79 Å². The molecule has 0 saturated carbocycles. The monoisotopic (exact) mass is 269 g/mol. The molecule has 1 saturated heterocycles. The molecule has 18 heavy (non-hydrogen) atoms. The van der Waals surface area contributed by atoms with Crippen LogP contribution >= 0.6 is 11.6 Å². The van der Waals surface area contributed by atoms with Gasteiger partial charge in [-0.3, -0.25) is 4.79 Å². The molecule has 1 aromatic heterocycles. The minimum absolute atomic E-state index is 0.0541. The van der Waals surface area contributed by atoms with Crippen molar-refractivity contribution in [2.45, 2.75) is 19.4 Å². The van der Waals surface area contributed by atoms with Crippen molar-refractivity contribution in [2.75, 3.05) is 25.1 Å². The molecule has 5 nitrogen and oxygen atoms in total. The summed E-state index contributed by atoms with van der Waals surface area (Å²) < 4.78 is 5.30. The number of rotatable bonds is 3. The summed E-state index contributed by atoms with van der Waals surface area (Å²) >= 11 is 5.82. The van der Waals surface area contributed by atoms with Gasteiger partial charge < -0.3 is 15.4 Å². The Hall–Kier alpha value is -1.17. The molecule has 0 aliphatic carbocycles. The van der Waals surface area contributed by atoms with Crippen molar-refractivity contribution in [1.82, 2.24) is 10.3 Å². The van der Waals surface area contributed by atoms with Gasteiger partial charge in [-0.2, -0.15) is 0 Å². The first-order valence-electron chi connectivity index (χ1n) is 5.88. The van der Waals surface area contributed by atoms with Gasteiger partial charge in [-0.15, -0.1) is 0 Å². The average Bonchev–Trinajstić information content (AvgIpc) is 2.35. The van der Waals surface area contributed by atoms with E-state index < -0.39 is 0 Å². The highest BCUT2D eigenvalue weighted by molar-refractivity contribution is 6.30. The Morgan fingerprint density at radius 3 is 3.22 bits per heavy atom. The number of halogens is 1. The summed E-state index contributed by atoms with van der Waals surface area (Å²) in [7, 11) is 0. The Kier molecular flexibility index (Phi) is 4.52. The summed E-state index contributed by atoms with van der Waals surface area (Å²) in [4.78, 5) is 15.8. The fourth-order valence-corrected chi connectivity index (χ4v) is 1.92. The van der Waals surface area contributed by atoms with Gasteiger partial charge in [0.15, 0.2) is 0 Å². The molecule has 0 radical (unpaired) electrons. The summed E-state index contributed by atoms with van der Waals surface area (Å²) in [6.07, 6.45) is 1.94. The van der Waals surface area contributed by atoms with Crippen molar-refractivity contribution in [3.63, 3.8) is 0 Å². The molecule has 1 amide bonds. The second-order valence-electron chi connectivity index (χ2n) is 4.31. The summed E-state index contributed by atoms with van der Waals surface area (Å²) in [6, 6.07) is 1.89. The fourth-order valence-electron chi connectivity index (χ4n) is 1.81. The van der Waals surface area contributed by atoms with Crippen LogP contribution in [0.25, 0.3) is 0 Å². The Bertz CT molecular complexity index is 433. The molecule has 98 valence electrons. The number of amides is 1. The number of anilines is 1. The lowest BCUT2D eigenvalue weighted by molar-refractivity contribution is -0.117. The largest absolute Gasteiger partial charge is 0.378 e. The van der Waals surface area contributed by atoms with Gasteiger partial charge in [-0.05, 0) is 18.6 Å². The quantitative estimate of drug-likeness (QED) is 0.814. The molecule has 1 atom stereocenters. The van der Waals surface area contributed by atoms with Crippen LogP contribution in [0.15, 0.2) is 12.3 Å². The fraction of sp³-hybridized carbons (Fsp3) is 0.500. The van der Waals surface area contributed by atoms with Crippen LogP contribution in [0.2, 0.25) is 5.15 Å². The number of ether oxygens (including phenoxy) is 1. The predicted octanol–water partition coefficient (Wildman–Crippen LogP) is 1.36. The summed E-state index contributed by atoms with van der Waals surface area (Å²) in [5.41, 5.74) is 1.51. The van der Waals surface area contributed by atoms with Crippen LogP contribution in [0.4, 0.5) is 5.69 Å². The molecule has 2 heterocycles. The number of morpholine rings is 1. The van der Waals surface area contributed by atoms with Crippen LogP contribution in [0.1, 0.15) is 12.0 Å². The lowest BCUT2D eigenvalue weighted by Crippen LogP contribution is -2.43. The van der Waals surface area contributed by atoms with E-state index in [1.807, 2.05) is 6.92 Å². The molecule has 6 heteroatoms. The first-order valence-corrected chi connectivity index (χ1v) is 6.26. The lowest BCUT2D eigenvalue weighted by Gasteiger charge is -2.23. The highest BCUT2D eigenvalue weighted by atomic mass is 35.5. The third-order valence-corrected chi connectivity index (χ3v) is 3.12. The highest BCUT2D eigenvalue weighted by Gasteiger charge is 2.16. The van der Waals surface area contributed by atoms with Gasteiger partial charge in [0, 0.05) is 19.0 Å². The summed E-state index contributed by atoms with van der Waals surface area (Å²) in [6.45, 7) is 3.92. The number of nitrogens with one attached hydrogen (secondary N) is 2. The van der Waals surface area contributed by atoms with Gasteiger partial charge in [-0.1, -0.05) is 11.6 Å². The second-order valence-corrected chi connectivity index (χ2v) is 4.67. The molecule has 1 aromatic rings. The van der Waals surface area contributed by atoms with Gasteiger partial charge in [0.25, 0.3) is 0 Å². The van der Waals surface area contributed by atoms with E-state index in [1.54, 1.807) is 12.3 Å². The number of hydrogen-bond acceptors (Lipinski definition) is 4. The Morgan fingerprint density at radius 1 is 1.72 bits per heavy atom. The van der Waals surface area contributed by atoms with Crippen LogP contribution in [-0.2, 0) is 9.53 Å². The molecule has 1 fully saturated rings. The third-order valence-electron chi connectivity index (χ3n) is 2.73. The first kappa shape index (κ1) is 13.3. The lowest BCUT2D eigenvalue weighted by atomic mass is 10.2. The molecule has 1 aliphatic heterocycles. The zero-order valence-corrected chi connectivity index (χ0v) is 11.0. The van der Waals surface area contributed by atoms with Crippen molar-refractivity contribution >= 4 is 23.2 Å². The summed E-state index contributed by atoms with van der Waals surface area (Å²) in [5.74, 6) is -0.0541. The average molecular weight is 270 g/mol. The molecule has 1 unspecified atom stereocenters. The van der Waals surface area contributed by atoms with Crippen molar-refractivity contribution in [3.8, 4) is 0 Å². The minimum Gasteiger partial charge on any atom is -0.378 e. The van der Waals surface area contributed by atoms with Gasteiger partial charge in [-0.25, -0.2) is 4.98 Å². The number of pyridine rings is 1. The van der Waals surface area contributed by atoms with Gasteiger partial charge in [0.2, 0.25) is 5.91 Å². The standard InChI is InChI=1S/C12H16ClN3O2/c1-8-4-9(6-15-12(8)13)16-11(17)5-10-7-18-3-2-14-10/h4,6,10,14H,2-3,5,7H2,1H3,(H,16,17). The molecule has 0 spiro atoms. The number of hydrogen-bond donors (Lipinski definition) is 2. The molecule has 1 aliphatic rings. The van der Waals surface area contributed by atoms with Crippen LogP contribution in [-0.4, -0.2) is 36.7 Å². The molecule has 2 N–H and O–H groups in total. The maximum atomic E-state index is 11.8. The van der Waals surface area contributed by atoms with E-state index in [4.69, 9.17) is 16.3 Å². The van der Waals surface area contributed by atoms with E-state index in [0.717, 1.165) is 12.1 Å². The van der Waals surface area contributed by atoms with Crippen LogP contribution in [0.3, 0.4) is 0 Å². The number of carbonyl (C=O) groups excluding carboxylic acids is 1. The topological polar surface area (TPSA) is 63.2 Å². The second kappa shape index (κ2) is 6.13. The maximum Gasteiger partial charge on any atom is 0.226 e. The molecule has 0 aromatic carbocycles. The van der Waals surface area contributed by atoms with Crippen molar-refractivity contribution < 1.29 is 9.53 Å². The predicted molar refractivity (Wildman–Crippen MR) is 69.8 cm³/mol. The molecule has 0 bridgehead atoms. The Morgan fingerprint density at radius 2 is 2.56 bits per heavy atom. The molecular formula is C12H16ClN3O2. The number of carbonyl (C=O) groups is 1. The third kappa shape index (κ3) is 3.66. The van der Waals surface area contributed by atoms with Crippen LogP contribution < -0.4 is 10.6 Å². The first-order chi connectivity index (χ1) is 8.65. The summed E-state index contributed by atoms with van der Waals surface area (Å²) in [5, 5.41) is 6.49. The van der Waals surface area contributed by atoms with E-state index in [2.05, 4.69) is 15.6 Å². The zero-order valence-electron chi connectivity index (χ0n) is 10.2. The SMILES string of the molecule is Cc1cc(NC(=O)CC2COCCN2)cnc1Cl. The number of aromatic nitrogens is 1. The van der Waals surface area contributed by atoms with Gasteiger partial charge >= 0.3 is 0 Å². The van der Waals surface area contributed by atoms with Crippen molar-refractivity contribution in [2.24, 2.45) is 0 Å². The van der Waals surface area contributed by atoms with E-state index in [-0.39, 0.29) is 11.9 Å². The van der Waals surface area contributed by atoms with Gasteiger partial charge in [0.1, 0.15) is 5.15 Å². The maximum absolute atomic E-state index is 11.8. The van der Waals surface area contributed by atoms with E-state index in [0.29, 0.717) is 30.5 Å². The number of nitrogens with zero attached hydrogens (tertiary/aromatic N) is 1. The Balaban J connectivity index is 1.88. The number of aryl methyl sites for hydroxylation is 1. The van der Waals surface area contributed by atoms with E-state index in [1.165, 1.54) is 0 Å². The van der Waals surface area contributed by atoms with Crippen LogP contribution in [0, 0.1) is 6.92 Å².